The summed E-state index contributed by atoms with van der Waals surface area (Å²) >= 11 is 7.57. The van der Waals surface area contributed by atoms with E-state index < -0.39 is 0 Å². The number of benzene rings is 1. The topological polar surface area (TPSA) is 17.8 Å². The summed E-state index contributed by atoms with van der Waals surface area (Å²) < 4.78 is 2.03. The van der Waals surface area contributed by atoms with Gasteiger partial charge in [-0.05, 0) is 24.3 Å². The smallest absolute Gasteiger partial charge is 0.118 e. The highest BCUT2D eigenvalue weighted by Gasteiger charge is 2.00. The van der Waals surface area contributed by atoms with Gasteiger partial charge in [-0.15, -0.1) is 11.8 Å². The van der Waals surface area contributed by atoms with Gasteiger partial charge in [-0.3, -0.25) is 0 Å². The van der Waals surface area contributed by atoms with Crippen LogP contribution in [-0.4, -0.2) is 9.55 Å². The van der Waals surface area contributed by atoms with Crippen molar-refractivity contribution in [2.75, 3.05) is 0 Å². The van der Waals surface area contributed by atoms with E-state index in [0.29, 0.717) is 0 Å². The molecule has 0 radical (unpaired) electrons. The van der Waals surface area contributed by atoms with Crippen molar-refractivity contribution in [3.63, 3.8) is 0 Å². The summed E-state index contributed by atoms with van der Waals surface area (Å²) in [6.07, 6.45) is 3.77. The minimum atomic E-state index is 0.774. The molecule has 0 spiro atoms. The second-order valence-electron chi connectivity index (χ2n) is 3.20. The van der Waals surface area contributed by atoms with Gasteiger partial charge in [0.2, 0.25) is 0 Å². The minimum Gasteiger partial charge on any atom is -0.337 e. The number of imidazole rings is 1. The fourth-order valence-electron chi connectivity index (χ4n) is 1.21. The number of hydrogen-bond donors (Lipinski definition) is 0. The Morgan fingerprint density at radius 2 is 2.07 bits per heavy atom. The zero-order valence-corrected chi connectivity index (χ0v) is 9.92. The molecule has 0 atom stereocenters. The second-order valence-corrected chi connectivity index (χ2v) is 4.68. The highest BCUT2D eigenvalue weighted by Crippen LogP contribution is 2.23. The van der Waals surface area contributed by atoms with Crippen molar-refractivity contribution in [3.05, 3.63) is 47.5 Å². The number of aromatic nitrogens is 2. The van der Waals surface area contributed by atoms with E-state index in [0.717, 1.165) is 16.6 Å². The van der Waals surface area contributed by atoms with Crippen LogP contribution in [0, 0.1) is 0 Å². The van der Waals surface area contributed by atoms with Crippen LogP contribution in [0.4, 0.5) is 0 Å². The first-order valence-corrected chi connectivity index (χ1v) is 5.96. The van der Waals surface area contributed by atoms with E-state index in [1.807, 2.05) is 48.3 Å². The maximum atomic E-state index is 5.81. The molecule has 1 heterocycles. The Balaban J connectivity index is 1.99. The maximum Gasteiger partial charge on any atom is 0.118 e. The first-order valence-electron chi connectivity index (χ1n) is 4.60. The van der Waals surface area contributed by atoms with Crippen LogP contribution in [0.2, 0.25) is 5.02 Å². The Morgan fingerprint density at radius 3 is 2.67 bits per heavy atom. The predicted molar refractivity (Wildman–Crippen MR) is 64.2 cm³/mol. The first-order chi connectivity index (χ1) is 7.25. The zero-order chi connectivity index (χ0) is 10.7. The van der Waals surface area contributed by atoms with Gasteiger partial charge in [0, 0.05) is 29.4 Å². The molecule has 2 rings (SSSR count). The molecule has 1 aromatic heterocycles. The van der Waals surface area contributed by atoms with Crippen LogP contribution in [0.5, 0.6) is 0 Å². The van der Waals surface area contributed by atoms with E-state index in [-0.39, 0.29) is 0 Å². The maximum absolute atomic E-state index is 5.81. The van der Waals surface area contributed by atoms with Gasteiger partial charge in [0.1, 0.15) is 5.82 Å². The Labute approximate surface area is 98.3 Å². The van der Waals surface area contributed by atoms with E-state index in [1.54, 1.807) is 11.8 Å². The standard InChI is InChI=1S/C11H11ClN2S/c1-14-7-6-13-11(14)8-15-10-4-2-9(12)3-5-10/h2-7H,8H2,1H3. The third kappa shape index (κ3) is 2.76. The molecular weight excluding hydrogens is 228 g/mol. The predicted octanol–water partition coefficient (Wildman–Crippen LogP) is 3.37. The van der Waals surface area contributed by atoms with Crippen LogP contribution >= 0.6 is 23.4 Å². The van der Waals surface area contributed by atoms with Crippen LogP contribution in [-0.2, 0) is 12.8 Å². The lowest BCUT2D eigenvalue weighted by Gasteiger charge is -2.02. The number of halogens is 1. The van der Waals surface area contributed by atoms with Gasteiger partial charge < -0.3 is 4.57 Å². The highest BCUT2D eigenvalue weighted by atomic mass is 35.5. The van der Waals surface area contributed by atoms with Crippen molar-refractivity contribution in [2.45, 2.75) is 10.6 Å². The van der Waals surface area contributed by atoms with Gasteiger partial charge >= 0.3 is 0 Å². The average molecular weight is 239 g/mol. The summed E-state index contributed by atoms with van der Waals surface area (Å²) in [5.41, 5.74) is 0. The molecule has 1 aromatic carbocycles. The minimum absolute atomic E-state index is 0.774. The highest BCUT2D eigenvalue weighted by molar-refractivity contribution is 7.98. The van der Waals surface area contributed by atoms with Gasteiger partial charge in [-0.1, -0.05) is 11.6 Å². The van der Waals surface area contributed by atoms with E-state index in [4.69, 9.17) is 11.6 Å². The molecule has 0 aliphatic carbocycles. The summed E-state index contributed by atoms with van der Waals surface area (Å²) in [6.45, 7) is 0. The lowest BCUT2D eigenvalue weighted by Crippen LogP contribution is -1.94. The molecule has 4 heteroatoms. The van der Waals surface area contributed by atoms with Crippen molar-refractivity contribution in [1.82, 2.24) is 9.55 Å². The van der Waals surface area contributed by atoms with Gasteiger partial charge in [0.15, 0.2) is 0 Å². The molecule has 0 amide bonds. The molecule has 0 aliphatic rings. The molecule has 0 N–H and O–H groups in total. The Kier molecular flexibility index (Phi) is 3.34. The molecule has 2 aromatic rings. The van der Waals surface area contributed by atoms with Crippen LogP contribution in [0.3, 0.4) is 0 Å². The SMILES string of the molecule is Cn1ccnc1CSc1ccc(Cl)cc1. The Bertz CT molecular complexity index is 436. The van der Waals surface area contributed by atoms with Crippen LogP contribution in [0.1, 0.15) is 5.82 Å². The first kappa shape index (κ1) is 10.6. The molecule has 0 aliphatic heterocycles. The normalized spacial score (nSPS) is 10.5. The third-order valence-electron chi connectivity index (χ3n) is 2.10. The van der Waals surface area contributed by atoms with Gasteiger partial charge in [-0.25, -0.2) is 4.98 Å². The van der Waals surface area contributed by atoms with E-state index in [9.17, 15) is 0 Å². The van der Waals surface area contributed by atoms with Crippen molar-refractivity contribution >= 4 is 23.4 Å². The number of rotatable bonds is 3. The summed E-state index contributed by atoms with van der Waals surface area (Å²) in [4.78, 5) is 5.48. The number of aryl methyl sites for hydroxylation is 1. The van der Waals surface area contributed by atoms with Crippen LogP contribution in [0.15, 0.2) is 41.6 Å². The number of thioether (sulfide) groups is 1. The van der Waals surface area contributed by atoms with Crippen molar-refractivity contribution in [3.8, 4) is 0 Å². The fourth-order valence-corrected chi connectivity index (χ4v) is 2.24. The molecular formula is C11H11ClN2S. The average Bonchev–Trinajstić information content (AvgIpc) is 2.63. The van der Waals surface area contributed by atoms with Gasteiger partial charge in [0.25, 0.3) is 0 Å². The van der Waals surface area contributed by atoms with Crippen LogP contribution in [0.25, 0.3) is 0 Å². The number of hydrogen-bond acceptors (Lipinski definition) is 2. The van der Waals surface area contributed by atoms with Gasteiger partial charge in [0.05, 0.1) is 5.75 Å². The van der Waals surface area contributed by atoms with Crippen molar-refractivity contribution in [2.24, 2.45) is 7.05 Å². The summed E-state index contributed by atoms with van der Waals surface area (Å²) in [6, 6.07) is 7.86. The number of nitrogens with zero attached hydrogens (tertiary/aromatic N) is 2. The summed E-state index contributed by atoms with van der Waals surface area (Å²) in [7, 11) is 2.00. The lowest BCUT2D eigenvalue weighted by molar-refractivity contribution is 0.849. The quantitative estimate of drug-likeness (QED) is 0.763. The Morgan fingerprint density at radius 1 is 1.33 bits per heavy atom. The monoisotopic (exact) mass is 238 g/mol. The van der Waals surface area contributed by atoms with Crippen LogP contribution < -0.4 is 0 Å². The van der Waals surface area contributed by atoms with E-state index in [1.165, 1.54) is 4.90 Å². The molecule has 0 saturated heterocycles. The molecule has 2 nitrogen and oxygen atoms in total. The molecule has 0 unspecified atom stereocenters. The summed E-state index contributed by atoms with van der Waals surface area (Å²) in [5.74, 6) is 1.96. The molecule has 78 valence electrons. The largest absolute Gasteiger partial charge is 0.337 e. The molecule has 0 fully saturated rings. The zero-order valence-electron chi connectivity index (χ0n) is 8.35. The fraction of sp³-hybridized carbons (Fsp3) is 0.182. The lowest BCUT2D eigenvalue weighted by atomic mass is 10.4. The summed E-state index contributed by atoms with van der Waals surface area (Å²) in [5, 5.41) is 0.774. The molecule has 0 saturated carbocycles. The van der Waals surface area contributed by atoms with Crippen molar-refractivity contribution < 1.29 is 0 Å². The van der Waals surface area contributed by atoms with E-state index >= 15 is 0 Å². The third-order valence-corrected chi connectivity index (χ3v) is 3.36. The molecule has 15 heavy (non-hydrogen) atoms. The Hall–Kier alpha value is -0.930. The van der Waals surface area contributed by atoms with E-state index in [2.05, 4.69) is 4.98 Å². The molecule has 0 bridgehead atoms. The van der Waals surface area contributed by atoms with Gasteiger partial charge in [-0.2, -0.15) is 0 Å². The second kappa shape index (κ2) is 4.73. The van der Waals surface area contributed by atoms with Crippen molar-refractivity contribution in [1.29, 1.82) is 0 Å².